The minimum absolute atomic E-state index is 0.0534. The lowest BCUT2D eigenvalue weighted by molar-refractivity contribution is -0.146. The van der Waals surface area contributed by atoms with Crippen LogP contribution in [0.15, 0.2) is 48.1 Å². The maximum absolute atomic E-state index is 12.2. The molecule has 0 aromatic heterocycles. The van der Waals surface area contributed by atoms with Gasteiger partial charge >= 0.3 is 17.9 Å². The van der Waals surface area contributed by atoms with Gasteiger partial charge in [0.05, 0.1) is 24.4 Å². The fourth-order valence-corrected chi connectivity index (χ4v) is 4.83. The summed E-state index contributed by atoms with van der Waals surface area (Å²) in [7, 11) is 1.65. The highest BCUT2D eigenvalue weighted by atomic mass is 16.6. The van der Waals surface area contributed by atoms with E-state index in [0.29, 0.717) is 38.2 Å². The Balaban J connectivity index is 0.000000248. The SMILES string of the molecule is CC(=O)OCC1CCC(N2C=CCC(C=O)=C2)O1.COCCCCOC(=O)C1=CN(C2CCC(COC(C)=O)O2)C=CC1. The first-order chi connectivity index (χ1) is 20.8. The molecule has 0 aromatic carbocycles. The molecule has 4 rings (SSSR count). The lowest BCUT2D eigenvalue weighted by atomic mass is 10.1. The van der Waals surface area contributed by atoms with E-state index in [1.165, 1.54) is 13.8 Å². The number of methoxy groups -OCH3 is 1. The number of ether oxygens (including phenoxy) is 6. The van der Waals surface area contributed by atoms with Gasteiger partial charge in [0.15, 0.2) is 0 Å². The Labute approximate surface area is 253 Å². The molecule has 4 aliphatic rings. The highest BCUT2D eigenvalue weighted by Crippen LogP contribution is 2.27. The van der Waals surface area contributed by atoms with E-state index in [1.807, 2.05) is 40.6 Å². The summed E-state index contributed by atoms with van der Waals surface area (Å²) >= 11 is 0. The summed E-state index contributed by atoms with van der Waals surface area (Å²) < 4.78 is 31.9. The Morgan fingerprint density at radius 2 is 1.37 bits per heavy atom. The Morgan fingerprint density at radius 3 is 1.93 bits per heavy atom. The van der Waals surface area contributed by atoms with Gasteiger partial charge in [-0.2, -0.15) is 0 Å². The largest absolute Gasteiger partial charge is 0.463 e. The third-order valence-corrected chi connectivity index (χ3v) is 7.04. The van der Waals surface area contributed by atoms with E-state index >= 15 is 0 Å². The molecule has 4 unspecified atom stereocenters. The molecule has 0 bridgehead atoms. The van der Waals surface area contributed by atoms with Crippen molar-refractivity contribution >= 4 is 24.2 Å². The Morgan fingerprint density at radius 1 is 0.814 bits per heavy atom. The molecule has 2 saturated heterocycles. The van der Waals surface area contributed by atoms with Crippen molar-refractivity contribution < 1.29 is 47.6 Å². The lowest BCUT2D eigenvalue weighted by Crippen LogP contribution is -2.30. The Kier molecular flexibility index (Phi) is 14.4. The van der Waals surface area contributed by atoms with Crippen molar-refractivity contribution in [2.45, 2.75) is 89.9 Å². The molecular formula is C31H44N2O10. The predicted molar refractivity (Wildman–Crippen MR) is 155 cm³/mol. The van der Waals surface area contributed by atoms with Gasteiger partial charge in [-0.05, 0) is 44.9 Å². The zero-order chi connectivity index (χ0) is 31.0. The van der Waals surface area contributed by atoms with Gasteiger partial charge in [-0.3, -0.25) is 14.4 Å². The molecular weight excluding hydrogens is 560 g/mol. The number of nitrogens with zero attached hydrogens (tertiary/aromatic N) is 2. The van der Waals surface area contributed by atoms with Crippen LogP contribution >= 0.6 is 0 Å². The standard InChI is InChI=1S/C18H27NO6.C13H17NO4/c1-14(20)24-13-16-7-8-17(25-16)19-9-5-6-15(12-19)18(21)23-11-4-3-10-22-2;1-10(16)17-9-12-4-5-13(18-12)14-6-2-3-11(7-14)8-15/h5,9,12,16-17H,3-4,6-8,10-11,13H2,1-2H3;2,6-8,12-13H,3-5,9H2,1H3. The van der Waals surface area contributed by atoms with Crippen molar-refractivity contribution in [3.63, 3.8) is 0 Å². The van der Waals surface area contributed by atoms with E-state index in [0.717, 1.165) is 50.4 Å². The van der Waals surface area contributed by atoms with Gasteiger partial charge in [-0.25, -0.2) is 4.79 Å². The molecule has 0 spiro atoms. The second-order valence-electron chi connectivity index (χ2n) is 10.6. The van der Waals surface area contributed by atoms with Gasteiger partial charge in [0, 0.05) is 64.4 Å². The molecule has 4 heterocycles. The van der Waals surface area contributed by atoms with Crippen molar-refractivity contribution in [3.05, 3.63) is 48.1 Å². The van der Waals surface area contributed by atoms with Gasteiger partial charge in [0.1, 0.15) is 32.0 Å². The van der Waals surface area contributed by atoms with Gasteiger partial charge in [0.2, 0.25) is 0 Å². The number of carbonyl (C=O) groups excluding carboxylic acids is 4. The fourth-order valence-electron chi connectivity index (χ4n) is 4.83. The smallest absolute Gasteiger partial charge is 0.335 e. The van der Waals surface area contributed by atoms with Crippen LogP contribution in [-0.4, -0.2) is 92.2 Å². The van der Waals surface area contributed by atoms with E-state index in [9.17, 15) is 19.2 Å². The molecule has 0 aliphatic carbocycles. The molecule has 2 fully saturated rings. The summed E-state index contributed by atoms with van der Waals surface area (Å²) in [5.74, 6) is -0.885. The summed E-state index contributed by atoms with van der Waals surface area (Å²) in [6, 6.07) is 0. The number of allylic oxidation sites excluding steroid dienone is 3. The second-order valence-corrected chi connectivity index (χ2v) is 10.6. The number of esters is 3. The Bertz CT molecular complexity index is 1070. The van der Waals surface area contributed by atoms with E-state index in [2.05, 4.69) is 0 Å². The summed E-state index contributed by atoms with van der Waals surface area (Å²) in [6.07, 6.45) is 18.0. The summed E-state index contributed by atoms with van der Waals surface area (Å²) in [5, 5.41) is 0. The first kappa shape index (κ1) is 34.0. The van der Waals surface area contributed by atoms with Crippen molar-refractivity contribution in [1.82, 2.24) is 9.80 Å². The summed E-state index contributed by atoms with van der Waals surface area (Å²) in [4.78, 5) is 48.3. The molecule has 43 heavy (non-hydrogen) atoms. The molecule has 0 radical (unpaired) electrons. The third kappa shape index (κ3) is 12.0. The molecule has 4 atom stereocenters. The molecule has 0 saturated carbocycles. The number of hydrogen-bond donors (Lipinski definition) is 0. The van der Waals surface area contributed by atoms with E-state index < -0.39 is 0 Å². The van der Waals surface area contributed by atoms with Crippen molar-refractivity contribution in [2.75, 3.05) is 33.5 Å². The van der Waals surface area contributed by atoms with E-state index in [-0.39, 0.29) is 49.2 Å². The minimum Gasteiger partial charge on any atom is -0.463 e. The number of aldehydes is 1. The fraction of sp³-hybridized carbons (Fsp3) is 0.613. The van der Waals surface area contributed by atoms with Gasteiger partial charge in [-0.1, -0.05) is 12.2 Å². The topological polar surface area (TPSA) is 130 Å². The van der Waals surface area contributed by atoms with Crippen LogP contribution in [0.3, 0.4) is 0 Å². The number of hydrogen-bond acceptors (Lipinski definition) is 12. The van der Waals surface area contributed by atoms with Crippen molar-refractivity contribution in [3.8, 4) is 0 Å². The van der Waals surface area contributed by atoms with Crippen LogP contribution < -0.4 is 0 Å². The average Bonchev–Trinajstić information content (AvgIpc) is 3.70. The van der Waals surface area contributed by atoms with Crippen molar-refractivity contribution in [2.24, 2.45) is 0 Å². The van der Waals surface area contributed by atoms with Gasteiger partial charge < -0.3 is 38.2 Å². The average molecular weight is 605 g/mol. The van der Waals surface area contributed by atoms with Crippen LogP contribution in [0.5, 0.6) is 0 Å². The maximum atomic E-state index is 12.2. The van der Waals surface area contributed by atoms with E-state index in [1.54, 1.807) is 13.3 Å². The first-order valence-electron chi connectivity index (χ1n) is 14.8. The van der Waals surface area contributed by atoms with Gasteiger partial charge in [0.25, 0.3) is 0 Å². The predicted octanol–water partition coefficient (Wildman–Crippen LogP) is 3.48. The molecule has 12 heteroatoms. The quantitative estimate of drug-likeness (QED) is 0.132. The zero-order valence-corrected chi connectivity index (χ0v) is 25.3. The number of unbranched alkanes of at least 4 members (excludes halogenated alkanes) is 1. The normalized spacial score (nSPS) is 24.4. The monoisotopic (exact) mass is 604 g/mol. The van der Waals surface area contributed by atoms with Crippen LogP contribution in [-0.2, 0) is 47.6 Å². The van der Waals surface area contributed by atoms with Crippen LogP contribution in [0.4, 0.5) is 0 Å². The van der Waals surface area contributed by atoms with Crippen molar-refractivity contribution in [1.29, 1.82) is 0 Å². The highest BCUT2D eigenvalue weighted by Gasteiger charge is 2.31. The molecule has 4 aliphatic heterocycles. The van der Waals surface area contributed by atoms with Crippen LogP contribution in [0.1, 0.15) is 65.2 Å². The molecule has 0 N–H and O–H groups in total. The highest BCUT2D eigenvalue weighted by molar-refractivity contribution is 5.88. The maximum Gasteiger partial charge on any atom is 0.335 e. The van der Waals surface area contributed by atoms with Crippen LogP contribution in [0.25, 0.3) is 0 Å². The summed E-state index contributed by atoms with van der Waals surface area (Å²) in [5.41, 5.74) is 1.35. The molecule has 0 aromatic rings. The molecule has 0 amide bonds. The second kappa shape index (κ2) is 18.2. The molecule has 12 nitrogen and oxygen atoms in total. The van der Waals surface area contributed by atoms with Crippen LogP contribution in [0, 0.1) is 0 Å². The number of carbonyl (C=O) groups is 4. The zero-order valence-electron chi connectivity index (χ0n) is 25.3. The number of rotatable bonds is 13. The molecule has 238 valence electrons. The minimum atomic E-state index is -0.305. The van der Waals surface area contributed by atoms with Crippen LogP contribution in [0.2, 0.25) is 0 Å². The third-order valence-electron chi connectivity index (χ3n) is 7.04. The first-order valence-corrected chi connectivity index (χ1v) is 14.8. The Hall–Kier alpha value is -3.48. The summed E-state index contributed by atoms with van der Waals surface area (Å²) in [6.45, 7) is 4.41. The lowest BCUT2D eigenvalue weighted by Gasteiger charge is -2.27. The van der Waals surface area contributed by atoms with E-state index in [4.69, 9.17) is 28.4 Å². The van der Waals surface area contributed by atoms with Gasteiger partial charge in [-0.15, -0.1) is 0 Å².